The van der Waals surface area contributed by atoms with Gasteiger partial charge in [0.1, 0.15) is 5.82 Å². The van der Waals surface area contributed by atoms with E-state index in [1.807, 2.05) is 13.8 Å². The summed E-state index contributed by atoms with van der Waals surface area (Å²) >= 11 is 0. The molecule has 0 spiro atoms. The van der Waals surface area contributed by atoms with Gasteiger partial charge in [-0.05, 0) is 39.0 Å². The molecule has 0 bridgehead atoms. The van der Waals surface area contributed by atoms with Gasteiger partial charge in [-0.1, -0.05) is 0 Å². The van der Waals surface area contributed by atoms with Crippen LogP contribution in [-0.2, 0) is 0 Å². The monoisotopic (exact) mass is 195 g/mol. The van der Waals surface area contributed by atoms with E-state index in [2.05, 4.69) is 5.32 Å². The zero-order valence-corrected chi connectivity index (χ0v) is 8.60. The van der Waals surface area contributed by atoms with Gasteiger partial charge in [0.15, 0.2) is 5.78 Å². The summed E-state index contributed by atoms with van der Waals surface area (Å²) in [5.41, 5.74) is 0.905. The van der Waals surface area contributed by atoms with Crippen molar-refractivity contribution in [3.8, 4) is 0 Å². The van der Waals surface area contributed by atoms with Crippen LogP contribution in [-0.4, -0.2) is 11.8 Å². The van der Waals surface area contributed by atoms with Gasteiger partial charge in [0.2, 0.25) is 0 Å². The molecule has 2 nitrogen and oxygen atoms in total. The van der Waals surface area contributed by atoms with Crippen molar-refractivity contribution in [1.29, 1.82) is 0 Å². The highest BCUT2D eigenvalue weighted by Gasteiger charge is 2.06. The van der Waals surface area contributed by atoms with Gasteiger partial charge < -0.3 is 5.32 Å². The van der Waals surface area contributed by atoms with Gasteiger partial charge in [-0.2, -0.15) is 0 Å². The SMILES string of the molecule is CC(=O)c1ccc(F)c(NC(C)C)c1. The minimum absolute atomic E-state index is 0.0585. The largest absolute Gasteiger partial charge is 0.380 e. The molecule has 0 radical (unpaired) electrons. The number of carbonyl (C=O) groups excluding carboxylic acids is 1. The quantitative estimate of drug-likeness (QED) is 0.751. The van der Waals surface area contributed by atoms with Crippen LogP contribution in [0.3, 0.4) is 0 Å². The van der Waals surface area contributed by atoms with Gasteiger partial charge in [0.25, 0.3) is 0 Å². The van der Waals surface area contributed by atoms with Gasteiger partial charge >= 0.3 is 0 Å². The molecule has 3 heteroatoms. The van der Waals surface area contributed by atoms with Crippen LogP contribution in [0.1, 0.15) is 31.1 Å². The predicted molar refractivity (Wildman–Crippen MR) is 55.2 cm³/mol. The number of hydrogen-bond donors (Lipinski definition) is 1. The average molecular weight is 195 g/mol. The molecule has 0 saturated heterocycles. The Balaban J connectivity index is 3.02. The molecule has 0 aliphatic carbocycles. The Morgan fingerprint density at radius 1 is 1.43 bits per heavy atom. The Hall–Kier alpha value is -1.38. The van der Waals surface area contributed by atoms with Crippen molar-refractivity contribution in [1.82, 2.24) is 0 Å². The fourth-order valence-electron chi connectivity index (χ4n) is 1.17. The van der Waals surface area contributed by atoms with Crippen LogP contribution in [0.5, 0.6) is 0 Å². The van der Waals surface area contributed by atoms with E-state index in [4.69, 9.17) is 0 Å². The molecular formula is C11H14FNO. The van der Waals surface area contributed by atoms with Gasteiger partial charge in [-0.15, -0.1) is 0 Å². The van der Waals surface area contributed by atoms with Gasteiger partial charge in [0.05, 0.1) is 5.69 Å². The lowest BCUT2D eigenvalue weighted by atomic mass is 10.1. The molecule has 14 heavy (non-hydrogen) atoms. The predicted octanol–water partition coefficient (Wildman–Crippen LogP) is 2.85. The summed E-state index contributed by atoms with van der Waals surface area (Å²) in [4.78, 5) is 11.0. The fourth-order valence-corrected chi connectivity index (χ4v) is 1.17. The van der Waals surface area contributed by atoms with E-state index in [9.17, 15) is 9.18 Å². The Bertz CT molecular complexity index is 347. The summed E-state index contributed by atoms with van der Waals surface area (Å²) in [7, 11) is 0. The van der Waals surface area contributed by atoms with Crippen molar-refractivity contribution in [2.45, 2.75) is 26.8 Å². The maximum absolute atomic E-state index is 13.2. The molecule has 0 amide bonds. The van der Waals surface area contributed by atoms with Crippen LogP contribution in [0.15, 0.2) is 18.2 Å². The zero-order valence-electron chi connectivity index (χ0n) is 8.60. The summed E-state index contributed by atoms with van der Waals surface area (Å²) in [6, 6.07) is 4.48. The molecule has 0 heterocycles. The second-order valence-electron chi connectivity index (χ2n) is 3.55. The van der Waals surface area contributed by atoms with E-state index in [1.54, 1.807) is 0 Å². The maximum atomic E-state index is 13.2. The van der Waals surface area contributed by atoms with Crippen LogP contribution in [0.25, 0.3) is 0 Å². The van der Waals surface area contributed by atoms with E-state index >= 15 is 0 Å². The maximum Gasteiger partial charge on any atom is 0.159 e. The number of nitrogens with one attached hydrogen (secondary N) is 1. The first kappa shape index (κ1) is 10.7. The highest BCUT2D eigenvalue weighted by atomic mass is 19.1. The van der Waals surface area contributed by atoms with Gasteiger partial charge in [-0.25, -0.2) is 4.39 Å². The Kier molecular flexibility index (Phi) is 3.23. The first-order valence-electron chi connectivity index (χ1n) is 4.57. The van der Waals surface area contributed by atoms with Crippen LogP contribution in [0.2, 0.25) is 0 Å². The second kappa shape index (κ2) is 4.22. The molecule has 1 rings (SSSR count). The molecule has 0 fully saturated rings. The van der Waals surface area contributed by atoms with Crippen LogP contribution >= 0.6 is 0 Å². The summed E-state index contributed by atoms with van der Waals surface area (Å²) in [6.45, 7) is 5.30. The smallest absolute Gasteiger partial charge is 0.159 e. The third-order valence-corrected chi connectivity index (χ3v) is 1.82. The molecule has 0 aliphatic rings. The third-order valence-electron chi connectivity index (χ3n) is 1.82. The Labute approximate surface area is 83.1 Å². The number of anilines is 1. The fraction of sp³-hybridized carbons (Fsp3) is 0.364. The van der Waals surface area contributed by atoms with Gasteiger partial charge in [-0.3, -0.25) is 4.79 Å². The molecular weight excluding hydrogens is 181 g/mol. The lowest BCUT2D eigenvalue weighted by Gasteiger charge is -2.11. The molecule has 0 aliphatic heterocycles. The normalized spacial score (nSPS) is 10.4. The molecule has 1 aromatic rings. The van der Waals surface area contributed by atoms with E-state index in [1.165, 1.54) is 25.1 Å². The van der Waals surface area contributed by atoms with Crippen molar-refractivity contribution >= 4 is 11.5 Å². The molecule has 0 atom stereocenters. The summed E-state index contributed by atoms with van der Waals surface area (Å²) in [6.07, 6.45) is 0. The standard InChI is InChI=1S/C11H14FNO/c1-7(2)13-11-6-9(8(3)14)4-5-10(11)12/h4-7,13H,1-3H3. The molecule has 76 valence electrons. The Morgan fingerprint density at radius 3 is 2.57 bits per heavy atom. The molecule has 0 aromatic heterocycles. The van der Waals surface area contributed by atoms with Crippen molar-refractivity contribution < 1.29 is 9.18 Å². The number of rotatable bonds is 3. The van der Waals surface area contributed by atoms with E-state index in [-0.39, 0.29) is 17.6 Å². The first-order valence-corrected chi connectivity index (χ1v) is 4.57. The zero-order chi connectivity index (χ0) is 10.7. The number of Topliss-reactive ketones (excluding diaryl/α,β-unsaturated/α-hetero) is 1. The lowest BCUT2D eigenvalue weighted by Crippen LogP contribution is -2.11. The van der Waals surface area contributed by atoms with Crippen molar-refractivity contribution in [2.75, 3.05) is 5.32 Å². The van der Waals surface area contributed by atoms with Crippen LogP contribution < -0.4 is 5.32 Å². The second-order valence-corrected chi connectivity index (χ2v) is 3.55. The first-order chi connectivity index (χ1) is 6.50. The third kappa shape index (κ3) is 2.55. The van der Waals surface area contributed by atoms with Gasteiger partial charge in [0, 0.05) is 11.6 Å². The topological polar surface area (TPSA) is 29.1 Å². The van der Waals surface area contributed by atoms with Crippen LogP contribution in [0.4, 0.5) is 10.1 Å². The van der Waals surface area contributed by atoms with E-state index in [0.29, 0.717) is 11.3 Å². The van der Waals surface area contributed by atoms with Crippen molar-refractivity contribution in [2.24, 2.45) is 0 Å². The number of halogens is 1. The Morgan fingerprint density at radius 2 is 2.07 bits per heavy atom. The molecule has 1 aromatic carbocycles. The number of ketones is 1. The highest BCUT2D eigenvalue weighted by molar-refractivity contribution is 5.94. The highest BCUT2D eigenvalue weighted by Crippen LogP contribution is 2.17. The summed E-state index contributed by atoms with van der Waals surface area (Å²) < 4.78 is 13.2. The minimum atomic E-state index is -0.330. The van der Waals surface area contributed by atoms with Crippen LogP contribution in [0, 0.1) is 5.82 Å². The molecule has 1 N–H and O–H groups in total. The number of benzene rings is 1. The van der Waals surface area contributed by atoms with E-state index < -0.39 is 0 Å². The average Bonchev–Trinajstić information content (AvgIpc) is 2.07. The summed E-state index contributed by atoms with van der Waals surface area (Å²) in [5, 5.41) is 2.94. The number of carbonyl (C=O) groups is 1. The molecule has 0 saturated carbocycles. The van der Waals surface area contributed by atoms with E-state index in [0.717, 1.165) is 0 Å². The number of hydrogen-bond acceptors (Lipinski definition) is 2. The molecule has 0 unspecified atom stereocenters. The summed E-state index contributed by atoms with van der Waals surface area (Å²) in [5.74, 6) is -0.388. The van der Waals surface area contributed by atoms with Crippen molar-refractivity contribution in [3.63, 3.8) is 0 Å². The lowest BCUT2D eigenvalue weighted by molar-refractivity contribution is 0.101. The van der Waals surface area contributed by atoms with Crippen molar-refractivity contribution in [3.05, 3.63) is 29.6 Å². The minimum Gasteiger partial charge on any atom is -0.380 e.